The van der Waals surface area contributed by atoms with Gasteiger partial charge in [0.05, 0.1) is 12.6 Å². The number of rotatable bonds is 3. The lowest BCUT2D eigenvalue weighted by molar-refractivity contribution is -0.163. The third kappa shape index (κ3) is 3.67. The van der Waals surface area contributed by atoms with Crippen molar-refractivity contribution in [2.75, 3.05) is 6.61 Å². The van der Waals surface area contributed by atoms with Gasteiger partial charge in [-0.3, -0.25) is 4.79 Å². The zero-order chi connectivity index (χ0) is 17.3. The summed E-state index contributed by atoms with van der Waals surface area (Å²) in [5.41, 5.74) is -1.53. The molecule has 0 aliphatic carbocycles. The average Bonchev–Trinajstić information content (AvgIpc) is 2.46. The monoisotopic (exact) mass is 396 g/mol. The number of thiocarbonyl (C=S) groups is 1. The number of nitrogens with one attached hydrogen (secondary N) is 2. The summed E-state index contributed by atoms with van der Waals surface area (Å²) in [7, 11) is 0. The molecule has 2 rings (SSSR count). The molecule has 1 fully saturated rings. The van der Waals surface area contributed by atoms with Crippen molar-refractivity contribution in [1.29, 1.82) is 0 Å². The third-order valence-corrected chi connectivity index (χ3v) is 4.59. The lowest BCUT2D eigenvalue weighted by atomic mass is 9.83. The van der Waals surface area contributed by atoms with Gasteiger partial charge < -0.3 is 20.5 Å². The van der Waals surface area contributed by atoms with Crippen LogP contribution in [0.5, 0.6) is 0 Å². The number of carbonyl (C=O) groups excluding carboxylic acids is 1. The summed E-state index contributed by atoms with van der Waals surface area (Å²) in [5, 5.41) is 16.4. The summed E-state index contributed by atoms with van der Waals surface area (Å²) in [4.78, 5) is 12.5. The van der Waals surface area contributed by atoms with E-state index in [1.165, 1.54) is 0 Å². The quantitative estimate of drug-likeness (QED) is 0.413. The predicted molar refractivity (Wildman–Crippen MR) is 93.4 cm³/mol. The van der Waals surface area contributed by atoms with E-state index < -0.39 is 27.4 Å². The first-order valence-electron chi connectivity index (χ1n) is 6.80. The highest BCUT2D eigenvalue weighted by Crippen LogP contribution is 2.47. The van der Waals surface area contributed by atoms with Gasteiger partial charge >= 0.3 is 5.97 Å². The van der Waals surface area contributed by atoms with Crippen LogP contribution in [-0.2, 0) is 9.53 Å². The summed E-state index contributed by atoms with van der Waals surface area (Å²) in [6.45, 7) is 1.77. The Hall–Kier alpha value is -0.790. The largest absolute Gasteiger partial charge is 0.466 e. The number of hydrogen-bond acceptors (Lipinski definition) is 4. The van der Waals surface area contributed by atoms with Crippen LogP contribution in [-0.4, -0.2) is 32.3 Å². The number of benzene rings is 1. The van der Waals surface area contributed by atoms with Gasteiger partial charge in [0.2, 0.25) is 9.52 Å². The highest BCUT2D eigenvalue weighted by atomic mass is 35.6. The molecule has 0 unspecified atom stereocenters. The minimum absolute atomic E-state index is 0.0632. The summed E-state index contributed by atoms with van der Waals surface area (Å²) in [6.07, 6.45) is 0. The topological polar surface area (TPSA) is 70.6 Å². The Morgan fingerprint density at radius 3 is 2.52 bits per heavy atom. The van der Waals surface area contributed by atoms with Gasteiger partial charge in [-0.25, -0.2) is 0 Å². The van der Waals surface area contributed by atoms with Crippen molar-refractivity contribution >= 4 is 58.1 Å². The number of alkyl halides is 3. The Kier molecular flexibility index (Phi) is 5.63. The van der Waals surface area contributed by atoms with Crippen LogP contribution >= 0.6 is 47.0 Å². The van der Waals surface area contributed by atoms with Crippen LogP contribution in [0.4, 0.5) is 0 Å². The van der Waals surface area contributed by atoms with E-state index in [1.54, 1.807) is 31.2 Å². The molecular weight excluding hydrogens is 383 g/mol. The molecule has 126 valence electrons. The zero-order valence-electron chi connectivity index (χ0n) is 12.1. The maximum atomic E-state index is 12.5. The van der Waals surface area contributed by atoms with Crippen molar-refractivity contribution in [3.8, 4) is 0 Å². The van der Waals surface area contributed by atoms with Gasteiger partial charge in [0.25, 0.3) is 0 Å². The summed E-state index contributed by atoms with van der Waals surface area (Å²) in [5.74, 6) is -1.94. The molecule has 0 amide bonds. The molecule has 1 aliphatic rings. The predicted octanol–water partition coefficient (Wildman–Crippen LogP) is 2.44. The number of carbonyl (C=O) groups is 1. The molecule has 0 radical (unpaired) electrons. The molecule has 23 heavy (non-hydrogen) atoms. The highest BCUT2D eigenvalue weighted by molar-refractivity contribution is 7.80. The van der Waals surface area contributed by atoms with E-state index in [-0.39, 0.29) is 11.7 Å². The Morgan fingerprint density at radius 1 is 1.39 bits per heavy atom. The average molecular weight is 398 g/mol. The van der Waals surface area contributed by atoms with E-state index in [2.05, 4.69) is 10.6 Å². The van der Waals surface area contributed by atoms with Gasteiger partial charge in [-0.1, -0.05) is 65.1 Å². The molecule has 0 saturated carbocycles. The smallest absolute Gasteiger partial charge is 0.316 e. The summed E-state index contributed by atoms with van der Waals surface area (Å²) < 4.78 is 2.84. The fourth-order valence-corrected chi connectivity index (χ4v) is 3.25. The number of aliphatic hydroxyl groups is 1. The van der Waals surface area contributed by atoms with Crippen LogP contribution in [0.3, 0.4) is 0 Å². The first-order valence-corrected chi connectivity index (χ1v) is 8.34. The second-order valence-electron chi connectivity index (χ2n) is 4.98. The Balaban J connectivity index is 2.54. The lowest BCUT2D eigenvalue weighted by Gasteiger charge is -2.48. The molecule has 0 aromatic heterocycles. The lowest BCUT2D eigenvalue weighted by Crippen LogP contribution is -2.72. The Morgan fingerprint density at radius 2 is 2.00 bits per heavy atom. The molecular formula is C14H15Cl3N2O3S. The van der Waals surface area contributed by atoms with Crippen LogP contribution in [0.25, 0.3) is 0 Å². The molecule has 1 aliphatic heterocycles. The van der Waals surface area contributed by atoms with Crippen molar-refractivity contribution in [1.82, 2.24) is 10.6 Å². The fraction of sp³-hybridized carbons (Fsp3) is 0.429. The number of ether oxygens (including phenoxy) is 1. The van der Waals surface area contributed by atoms with Gasteiger partial charge in [-0.2, -0.15) is 0 Å². The van der Waals surface area contributed by atoms with Crippen molar-refractivity contribution in [2.45, 2.75) is 22.5 Å². The van der Waals surface area contributed by atoms with Crippen LogP contribution in [0.1, 0.15) is 18.5 Å². The van der Waals surface area contributed by atoms with Crippen LogP contribution in [0.2, 0.25) is 0 Å². The molecule has 9 heteroatoms. The maximum Gasteiger partial charge on any atom is 0.316 e. The van der Waals surface area contributed by atoms with Crippen molar-refractivity contribution in [2.24, 2.45) is 5.92 Å². The van der Waals surface area contributed by atoms with Gasteiger partial charge in [0.1, 0.15) is 5.92 Å². The van der Waals surface area contributed by atoms with Crippen molar-refractivity contribution in [3.63, 3.8) is 0 Å². The van der Waals surface area contributed by atoms with Gasteiger partial charge in [-0.15, -0.1) is 0 Å². The Labute approximate surface area is 154 Å². The maximum absolute atomic E-state index is 12.5. The van der Waals surface area contributed by atoms with Crippen LogP contribution in [0, 0.1) is 5.92 Å². The van der Waals surface area contributed by atoms with Crippen LogP contribution < -0.4 is 10.6 Å². The van der Waals surface area contributed by atoms with E-state index in [9.17, 15) is 9.90 Å². The van der Waals surface area contributed by atoms with Gasteiger partial charge in [0.15, 0.2) is 5.11 Å². The first kappa shape index (κ1) is 18.5. The molecule has 1 aromatic rings. The first-order chi connectivity index (χ1) is 10.7. The van der Waals surface area contributed by atoms with E-state index in [0.29, 0.717) is 5.56 Å². The van der Waals surface area contributed by atoms with Crippen molar-refractivity contribution < 1.29 is 14.6 Å². The molecule has 0 spiro atoms. The van der Waals surface area contributed by atoms with E-state index >= 15 is 0 Å². The van der Waals surface area contributed by atoms with E-state index in [4.69, 9.17) is 51.8 Å². The third-order valence-electron chi connectivity index (χ3n) is 3.51. The molecule has 3 N–H and O–H groups in total. The summed E-state index contributed by atoms with van der Waals surface area (Å²) in [6, 6.07) is 8.23. The molecule has 1 heterocycles. The summed E-state index contributed by atoms with van der Waals surface area (Å²) >= 11 is 22.9. The van der Waals surface area contributed by atoms with Crippen molar-refractivity contribution in [3.05, 3.63) is 35.9 Å². The van der Waals surface area contributed by atoms with Gasteiger partial charge in [0, 0.05) is 0 Å². The highest BCUT2D eigenvalue weighted by Gasteiger charge is 2.61. The Bertz CT molecular complexity index is 597. The molecule has 1 aromatic carbocycles. The molecule has 1 saturated heterocycles. The molecule has 5 nitrogen and oxygen atoms in total. The normalized spacial score (nSPS) is 27.8. The minimum Gasteiger partial charge on any atom is -0.466 e. The number of halogens is 3. The van der Waals surface area contributed by atoms with Gasteiger partial charge in [-0.05, 0) is 24.7 Å². The SMILES string of the molecule is CCOC(=O)[C@@H]1[C@@H](c2ccccc2)NC(=S)N[C@@]1(O)C(Cl)(Cl)Cl. The number of esters is 1. The minimum atomic E-state index is -2.23. The van der Waals surface area contributed by atoms with E-state index in [0.717, 1.165) is 0 Å². The second-order valence-corrected chi connectivity index (χ2v) is 7.67. The second kappa shape index (κ2) is 6.99. The zero-order valence-corrected chi connectivity index (χ0v) is 15.1. The molecule has 0 bridgehead atoms. The molecule has 3 atom stereocenters. The van der Waals surface area contributed by atoms with E-state index in [1.807, 2.05) is 6.07 Å². The number of hydrogen-bond donors (Lipinski definition) is 3. The van der Waals surface area contributed by atoms with Crippen LogP contribution in [0.15, 0.2) is 30.3 Å². The fourth-order valence-electron chi connectivity index (χ4n) is 2.47. The standard InChI is InChI=1S/C14H15Cl3N2O3S/c1-2-22-11(20)9-10(8-6-4-3-5-7-8)18-12(23)19-13(9,21)14(15,16)17/h3-7,9-10,21H,2H2,1H3,(H2,18,19,23)/t9-,10+,13-/m0/s1.